The Balaban J connectivity index is 1.15. The van der Waals surface area contributed by atoms with Crippen LogP contribution in [0.15, 0.2) is 66.7 Å². The average molecular weight is 653 g/mol. The van der Waals surface area contributed by atoms with Gasteiger partial charge in [0.2, 0.25) is 0 Å². The van der Waals surface area contributed by atoms with Gasteiger partial charge < -0.3 is 19.7 Å². The van der Waals surface area contributed by atoms with Crippen molar-refractivity contribution in [2.45, 2.75) is 102 Å². The fraction of sp³-hybridized carbons (Fsp3) is 0.524. The van der Waals surface area contributed by atoms with Crippen LogP contribution < -0.4 is 4.74 Å². The van der Waals surface area contributed by atoms with Crippen molar-refractivity contribution in [3.8, 4) is 30.4 Å². The Morgan fingerprint density at radius 3 is 2.29 bits per heavy atom. The van der Waals surface area contributed by atoms with Crippen molar-refractivity contribution in [2.24, 2.45) is 29.6 Å². The van der Waals surface area contributed by atoms with E-state index in [2.05, 4.69) is 54.3 Å². The SMILES string of the molecule is C#CCC(CC#C)COC(=O)c1ccc(OC(=O)CCC/C=C\C[C@@H]2[C@@H](CC[C@H](CCc3ccccc3)C3CCC3)[C@H](O)C[C@@H]2O)cc1. The van der Waals surface area contributed by atoms with Gasteiger partial charge in [-0.15, -0.1) is 24.7 Å². The molecule has 2 aromatic carbocycles. The Morgan fingerprint density at radius 2 is 1.62 bits per heavy atom. The number of carbonyl (C=O) groups excluding carboxylic acids is 2. The number of ether oxygens (including phenoxy) is 2. The van der Waals surface area contributed by atoms with E-state index in [1.54, 1.807) is 24.3 Å². The Kier molecular flexibility index (Phi) is 15.3. The van der Waals surface area contributed by atoms with Gasteiger partial charge in [-0.2, -0.15) is 0 Å². The summed E-state index contributed by atoms with van der Waals surface area (Å²) in [5.74, 6) is 6.21. The molecule has 0 heterocycles. The standard InChI is InChI=1S/C42H52O6/c1-3-13-32(14-4-2)30-47-42(46)35-23-26-36(27-24-35)48-41(45)20-11-6-5-10-19-37-38(40(44)29-39(37)43)28-25-34(33-17-12-18-33)22-21-31-15-8-7-9-16-31/h1-2,5,7-10,15-16,23-24,26-27,32-34,37-40,43-44H,6,11-14,17-22,25,28-30H2/b10-5-/t34-,37+,38+,39-,40+/m0/s1. The molecule has 6 nitrogen and oxygen atoms in total. The monoisotopic (exact) mass is 652 g/mol. The first kappa shape index (κ1) is 37.0. The lowest BCUT2D eigenvalue weighted by Gasteiger charge is -2.35. The molecule has 0 aliphatic heterocycles. The van der Waals surface area contributed by atoms with Crippen LogP contribution in [0.1, 0.15) is 99.4 Å². The van der Waals surface area contributed by atoms with Gasteiger partial charge in [-0.3, -0.25) is 4.79 Å². The molecule has 0 aromatic heterocycles. The predicted molar refractivity (Wildman–Crippen MR) is 189 cm³/mol. The van der Waals surface area contributed by atoms with Crippen LogP contribution >= 0.6 is 0 Å². The van der Waals surface area contributed by atoms with Crippen LogP contribution in [0.3, 0.4) is 0 Å². The maximum absolute atomic E-state index is 12.4. The fourth-order valence-electron chi connectivity index (χ4n) is 7.21. The first-order chi connectivity index (χ1) is 23.4. The molecule has 2 fully saturated rings. The van der Waals surface area contributed by atoms with Crippen LogP contribution in [0.4, 0.5) is 0 Å². The Morgan fingerprint density at radius 1 is 0.917 bits per heavy atom. The van der Waals surface area contributed by atoms with Crippen LogP contribution in [-0.4, -0.2) is 41.0 Å². The molecule has 2 N–H and O–H groups in total. The molecule has 2 aliphatic rings. The molecular formula is C42H52O6. The number of aliphatic hydroxyl groups is 2. The topological polar surface area (TPSA) is 93.1 Å². The van der Waals surface area contributed by atoms with Gasteiger partial charge in [0.15, 0.2) is 0 Å². The number of esters is 2. The van der Waals surface area contributed by atoms with Gasteiger partial charge >= 0.3 is 11.9 Å². The molecule has 0 saturated heterocycles. The number of terminal acetylenes is 2. The minimum atomic E-state index is -0.485. The highest BCUT2D eigenvalue weighted by Gasteiger charge is 2.41. The summed E-state index contributed by atoms with van der Waals surface area (Å²) >= 11 is 0. The first-order valence-corrected chi connectivity index (χ1v) is 17.8. The van der Waals surface area contributed by atoms with Crippen molar-refractivity contribution in [3.63, 3.8) is 0 Å². The quantitative estimate of drug-likeness (QED) is 0.0531. The number of rotatable bonds is 19. The number of carbonyl (C=O) groups is 2. The normalized spacial score (nSPS) is 21.4. The van der Waals surface area contributed by atoms with Crippen molar-refractivity contribution in [1.29, 1.82) is 0 Å². The number of aliphatic hydroxyl groups excluding tert-OH is 2. The van der Waals surface area contributed by atoms with Crippen molar-refractivity contribution < 1.29 is 29.3 Å². The summed E-state index contributed by atoms with van der Waals surface area (Å²) in [7, 11) is 0. The number of hydrogen-bond donors (Lipinski definition) is 2. The smallest absolute Gasteiger partial charge is 0.338 e. The van der Waals surface area contributed by atoms with Gasteiger partial charge in [-0.05, 0) is 105 Å². The van der Waals surface area contributed by atoms with Gasteiger partial charge in [0.25, 0.3) is 0 Å². The summed E-state index contributed by atoms with van der Waals surface area (Å²) in [6.45, 7) is 0.151. The number of aryl methyl sites for hydroxylation is 1. The minimum absolute atomic E-state index is 0.0601. The highest BCUT2D eigenvalue weighted by Crippen LogP contribution is 2.43. The van der Waals surface area contributed by atoms with E-state index in [0.717, 1.165) is 38.0 Å². The second-order valence-corrected chi connectivity index (χ2v) is 13.6. The fourth-order valence-corrected chi connectivity index (χ4v) is 7.21. The molecule has 2 aromatic rings. The lowest BCUT2D eigenvalue weighted by atomic mass is 9.71. The average Bonchev–Trinajstić information content (AvgIpc) is 3.33. The van der Waals surface area contributed by atoms with Crippen LogP contribution in [0, 0.1) is 54.3 Å². The maximum atomic E-state index is 12.4. The predicted octanol–water partition coefficient (Wildman–Crippen LogP) is 7.72. The van der Waals surface area contributed by atoms with E-state index in [4.69, 9.17) is 22.3 Å². The van der Waals surface area contributed by atoms with E-state index in [-0.39, 0.29) is 36.8 Å². The second-order valence-electron chi connectivity index (χ2n) is 13.6. The molecule has 0 bridgehead atoms. The van der Waals surface area contributed by atoms with E-state index < -0.39 is 18.2 Å². The largest absolute Gasteiger partial charge is 0.462 e. The van der Waals surface area contributed by atoms with E-state index in [9.17, 15) is 19.8 Å². The molecule has 48 heavy (non-hydrogen) atoms. The van der Waals surface area contributed by atoms with E-state index >= 15 is 0 Å². The minimum Gasteiger partial charge on any atom is -0.462 e. The van der Waals surface area contributed by atoms with Crippen LogP contribution in [0.25, 0.3) is 0 Å². The van der Waals surface area contributed by atoms with Gasteiger partial charge in [-0.25, -0.2) is 4.79 Å². The highest BCUT2D eigenvalue weighted by molar-refractivity contribution is 5.89. The second kappa shape index (κ2) is 19.9. The lowest BCUT2D eigenvalue weighted by molar-refractivity contribution is -0.134. The van der Waals surface area contributed by atoms with Gasteiger partial charge in [-0.1, -0.05) is 61.7 Å². The third-order valence-corrected chi connectivity index (χ3v) is 10.3. The third-order valence-electron chi connectivity index (χ3n) is 10.3. The molecule has 0 amide bonds. The Labute approximate surface area is 287 Å². The van der Waals surface area contributed by atoms with Crippen molar-refractivity contribution in [3.05, 3.63) is 77.9 Å². The van der Waals surface area contributed by atoms with Gasteiger partial charge in [0, 0.05) is 25.2 Å². The summed E-state index contributed by atoms with van der Waals surface area (Å²) in [6.07, 6.45) is 26.0. The zero-order valence-corrected chi connectivity index (χ0v) is 28.2. The molecule has 2 saturated carbocycles. The molecular weight excluding hydrogens is 600 g/mol. The number of allylic oxidation sites excluding steroid dienone is 2. The van der Waals surface area contributed by atoms with Crippen molar-refractivity contribution >= 4 is 11.9 Å². The molecule has 5 atom stereocenters. The molecule has 2 aliphatic carbocycles. The molecule has 6 heteroatoms. The third kappa shape index (κ3) is 11.7. The van der Waals surface area contributed by atoms with E-state index in [0.29, 0.717) is 42.9 Å². The maximum Gasteiger partial charge on any atom is 0.338 e. The molecule has 0 unspecified atom stereocenters. The molecule has 0 radical (unpaired) electrons. The zero-order valence-electron chi connectivity index (χ0n) is 28.2. The van der Waals surface area contributed by atoms with Gasteiger partial charge in [0.1, 0.15) is 5.75 Å². The lowest BCUT2D eigenvalue weighted by Crippen LogP contribution is -2.26. The summed E-state index contributed by atoms with van der Waals surface area (Å²) in [5, 5.41) is 21.6. The number of hydrogen-bond acceptors (Lipinski definition) is 6. The van der Waals surface area contributed by atoms with Crippen molar-refractivity contribution in [1.82, 2.24) is 0 Å². The van der Waals surface area contributed by atoms with E-state index in [1.807, 2.05) is 0 Å². The van der Waals surface area contributed by atoms with E-state index in [1.165, 1.54) is 31.2 Å². The summed E-state index contributed by atoms with van der Waals surface area (Å²) in [4.78, 5) is 24.7. The number of benzene rings is 2. The van der Waals surface area contributed by atoms with Gasteiger partial charge in [0.05, 0.1) is 24.4 Å². The summed E-state index contributed by atoms with van der Waals surface area (Å²) in [6, 6.07) is 17.0. The highest BCUT2D eigenvalue weighted by atomic mass is 16.5. The van der Waals surface area contributed by atoms with Crippen molar-refractivity contribution in [2.75, 3.05) is 6.61 Å². The molecule has 0 spiro atoms. The van der Waals surface area contributed by atoms with Crippen LogP contribution in [-0.2, 0) is 16.0 Å². The van der Waals surface area contributed by atoms with Crippen LogP contribution in [0.5, 0.6) is 5.75 Å². The molecule has 4 rings (SSSR count). The molecule has 256 valence electrons. The zero-order chi connectivity index (χ0) is 34.1. The summed E-state index contributed by atoms with van der Waals surface area (Å²) in [5.41, 5.74) is 1.75. The summed E-state index contributed by atoms with van der Waals surface area (Å²) < 4.78 is 10.8. The van der Waals surface area contributed by atoms with Crippen LogP contribution in [0.2, 0.25) is 0 Å². The number of unbranched alkanes of at least 4 members (excludes halogenated alkanes) is 1. The Hall–Kier alpha value is -3.84. The first-order valence-electron chi connectivity index (χ1n) is 17.8. The Bertz CT molecular complexity index is 1360.